The molecule has 1 aromatic heterocycles. The molecule has 1 unspecified atom stereocenters. The number of hydrogen-bond acceptors (Lipinski definition) is 3. The van der Waals surface area contributed by atoms with Gasteiger partial charge in [0, 0.05) is 24.8 Å². The minimum absolute atomic E-state index is 0.0490. The number of rotatable bonds is 4. The van der Waals surface area contributed by atoms with Crippen molar-refractivity contribution in [2.24, 2.45) is 11.1 Å². The Morgan fingerprint density at radius 2 is 2.00 bits per heavy atom. The summed E-state index contributed by atoms with van der Waals surface area (Å²) in [5, 5.41) is 4.69. The molecule has 3 aromatic rings. The minimum atomic E-state index is -0.311. The lowest BCUT2D eigenvalue weighted by atomic mass is 9.90. The summed E-state index contributed by atoms with van der Waals surface area (Å²) in [5.41, 5.74) is 9.71. The number of aryl methyl sites for hydroxylation is 1. The zero-order valence-electron chi connectivity index (χ0n) is 16.7. The predicted octanol–water partition coefficient (Wildman–Crippen LogP) is 3.80. The zero-order valence-corrected chi connectivity index (χ0v) is 16.7. The maximum atomic E-state index is 13.4. The van der Waals surface area contributed by atoms with Gasteiger partial charge in [0.25, 0.3) is 5.91 Å². The molecule has 0 bridgehead atoms. The highest BCUT2D eigenvalue weighted by Gasteiger charge is 2.36. The molecule has 6 heteroatoms. The van der Waals surface area contributed by atoms with E-state index in [1.54, 1.807) is 23.0 Å². The summed E-state index contributed by atoms with van der Waals surface area (Å²) in [7, 11) is 0. The van der Waals surface area contributed by atoms with Crippen molar-refractivity contribution in [2.45, 2.75) is 20.3 Å². The van der Waals surface area contributed by atoms with Gasteiger partial charge in [-0.2, -0.15) is 5.10 Å². The number of aromatic nitrogens is 2. The van der Waals surface area contributed by atoms with Crippen LogP contribution in [0.1, 0.15) is 29.3 Å². The van der Waals surface area contributed by atoms with E-state index < -0.39 is 0 Å². The van der Waals surface area contributed by atoms with Crippen molar-refractivity contribution in [3.8, 4) is 16.9 Å². The maximum Gasteiger partial charge on any atom is 0.257 e. The van der Waals surface area contributed by atoms with E-state index in [1.165, 1.54) is 12.1 Å². The number of amides is 1. The van der Waals surface area contributed by atoms with Gasteiger partial charge in [0.05, 0.1) is 11.3 Å². The van der Waals surface area contributed by atoms with Gasteiger partial charge in [-0.3, -0.25) is 4.79 Å². The normalized spacial score (nSPS) is 19.0. The van der Waals surface area contributed by atoms with Crippen molar-refractivity contribution in [1.82, 2.24) is 14.7 Å². The highest BCUT2D eigenvalue weighted by Crippen LogP contribution is 2.32. The van der Waals surface area contributed by atoms with E-state index in [0.29, 0.717) is 36.6 Å². The molecule has 4 rings (SSSR count). The summed E-state index contributed by atoms with van der Waals surface area (Å²) in [4.78, 5) is 15.3. The van der Waals surface area contributed by atoms with Crippen molar-refractivity contribution in [3.63, 3.8) is 0 Å². The van der Waals surface area contributed by atoms with Gasteiger partial charge < -0.3 is 10.6 Å². The number of carbonyl (C=O) groups is 1. The van der Waals surface area contributed by atoms with Gasteiger partial charge in [0.2, 0.25) is 0 Å². The van der Waals surface area contributed by atoms with Crippen LogP contribution in [0.25, 0.3) is 16.9 Å². The second-order valence-corrected chi connectivity index (χ2v) is 8.17. The van der Waals surface area contributed by atoms with E-state index >= 15 is 0 Å². The van der Waals surface area contributed by atoms with Crippen molar-refractivity contribution in [2.75, 3.05) is 19.6 Å². The Balaban J connectivity index is 1.77. The van der Waals surface area contributed by atoms with Gasteiger partial charge in [0.1, 0.15) is 11.5 Å². The van der Waals surface area contributed by atoms with E-state index in [4.69, 9.17) is 10.8 Å². The van der Waals surface area contributed by atoms with E-state index in [-0.39, 0.29) is 17.1 Å². The van der Waals surface area contributed by atoms with Crippen LogP contribution in [0.2, 0.25) is 0 Å². The number of nitrogens with zero attached hydrogens (tertiary/aromatic N) is 3. The Hall–Kier alpha value is -2.99. The van der Waals surface area contributed by atoms with E-state index in [0.717, 1.165) is 17.5 Å². The van der Waals surface area contributed by atoms with Crippen LogP contribution in [-0.4, -0.2) is 40.2 Å². The van der Waals surface area contributed by atoms with Crippen molar-refractivity contribution >= 4 is 5.91 Å². The predicted molar refractivity (Wildman–Crippen MR) is 111 cm³/mol. The maximum absolute atomic E-state index is 13.4. The first-order valence-electron chi connectivity index (χ1n) is 9.80. The molecule has 5 nitrogen and oxygen atoms in total. The third-order valence-corrected chi connectivity index (χ3v) is 5.67. The van der Waals surface area contributed by atoms with Gasteiger partial charge >= 0.3 is 0 Å². The fourth-order valence-corrected chi connectivity index (χ4v) is 3.80. The quantitative estimate of drug-likeness (QED) is 0.735. The first-order valence-corrected chi connectivity index (χ1v) is 9.80. The number of likely N-dealkylation sites (tertiary alicyclic amines) is 1. The number of hydrogen-bond donors (Lipinski definition) is 1. The van der Waals surface area contributed by atoms with E-state index in [2.05, 4.69) is 6.92 Å². The molecule has 0 radical (unpaired) electrons. The molecule has 1 saturated heterocycles. The highest BCUT2D eigenvalue weighted by atomic mass is 19.1. The summed E-state index contributed by atoms with van der Waals surface area (Å²) >= 11 is 0. The molecular weight excluding hydrogens is 367 g/mol. The second-order valence-electron chi connectivity index (χ2n) is 8.17. The van der Waals surface area contributed by atoms with Crippen LogP contribution in [0.5, 0.6) is 0 Å². The fraction of sp³-hybridized carbons (Fsp3) is 0.304. The van der Waals surface area contributed by atoms with E-state index in [9.17, 15) is 9.18 Å². The molecule has 2 aromatic carbocycles. The van der Waals surface area contributed by atoms with Crippen LogP contribution in [-0.2, 0) is 0 Å². The van der Waals surface area contributed by atoms with Gasteiger partial charge in [0.15, 0.2) is 0 Å². The number of carbonyl (C=O) groups excluding carboxylic acids is 1. The second kappa shape index (κ2) is 7.44. The van der Waals surface area contributed by atoms with Crippen LogP contribution in [0, 0.1) is 18.2 Å². The smallest absolute Gasteiger partial charge is 0.257 e. The van der Waals surface area contributed by atoms with Crippen molar-refractivity contribution in [1.29, 1.82) is 0 Å². The summed E-state index contributed by atoms with van der Waals surface area (Å²) in [5.74, 6) is -0.360. The summed E-state index contributed by atoms with van der Waals surface area (Å²) in [6, 6.07) is 14.0. The summed E-state index contributed by atoms with van der Waals surface area (Å²) in [6.07, 6.45) is 2.63. The summed E-state index contributed by atoms with van der Waals surface area (Å²) in [6.45, 7) is 5.99. The number of benzene rings is 2. The topological polar surface area (TPSA) is 64.2 Å². The van der Waals surface area contributed by atoms with Gasteiger partial charge in [-0.15, -0.1) is 0 Å². The van der Waals surface area contributed by atoms with Gasteiger partial charge in [-0.1, -0.05) is 30.7 Å². The average Bonchev–Trinajstić information content (AvgIpc) is 3.33. The Labute approximate surface area is 169 Å². The Morgan fingerprint density at radius 1 is 1.24 bits per heavy atom. The lowest BCUT2D eigenvalue weighted by Crippen LogP contribution is -2.34. The number of halogens is 1. The van der Waals surface area contributed by atoms with E-state index in [1.807, 2.05) is 36.1 Å². The molecule has 2 heterocycles. The van der Waals surface area contributed by atoms with Gasteiger partial charge in [-0.25, -0.2) is 9.07 Å². The average molecular weight is 392 g/mol. The fourth-order valence-electron chi connectivity index (χ4n) is 3.80. The third kappa shape index (κ3) is 3.80. The van der Waals surface area contributed by atoms with Crippen molar-refractivity contribution < 1.29 is 9.18 Å². The minimum Gasteiger partial charge on any atom is -0.338 e. The Bertz CT molecular complexity index is 1040. The van der Waals surface area contributed by atoms with Crippen LogP contribution >= 0.6 is 0 Å². The van der Waals surface area contributed by atoms with Crippen LogP contribution < -0.4 is 5.73 Å². The lowest BCUT2D eigenvalue weighted by molar-refractivity contribution is 0.0777. The summed E-state index contributed by atoms with van der Waals surface area (Å²) < 4.78 is 15.0. The zero-order chi connectivity index (χ0) is 20.6. The Kier molecular flexibility index (Phi) is 4.96. The van der Waals surface area contributed by atoms with Gasteiger partial charge in [-0.05, 0) is 55.6 Å². The molecule has 29 heavy (non-hydrogen) atoms. The highest BCUT2D eigenvalue weighted by molar-refractivity contribution is 6.00. The molecule has 0 spiro atoms. The lowest BCUT2D eigenvalue weighted by Gasteiger charge is -2.22. The molecule has 2 N–H and O–H groups in total. The van der Waals surface area contributed by atoms with Crippen LogP contribution in [0.3, 0.4) is 0 Å². The van der Waals surface area contributed by atoms with Crippen LogP contribution in [0.15, 0.2) is 54.7 Å². The Morgan fingerprint density at radius 3 is 2.66 bits per heavy atom. The molecule has 150 valence electrons. The SMILES string of the molecule is Cc1cccc(-c2nn(-c3ccc(F)cc3)cc2C(=O)N2CCC(C)(CN)C2)c1. The molecule has 1 aliphatic rings. The molecule has 1 aliphatic heterocycles. The molecule has 0 aliphatic carbocycles. The third-order valence-electron chi connectivity index (χ3n) is 5.67. The monoisotopic (exact) mass is 392 g/mol. The molecular formula is C23H25FN4O. The van der Waals surface area contributed by atoms with Crippen LogP contribution in [0.4, 0.5) is 4.39 Å². The number of nitrogens with two attached hydrogens (primary N) is 1. The largest absolute Gasteiger partial charge is 0.338 e. The molecule has 0 saturated carbocycles. The first kappa shape index (κ1) is 19.3. The molecule has 1 amide bonds. The molecule has 1 fully saturated rings. The first-order chi connectivity index (χ1) is 13.9. The van der Waals surface area contributed by atoms with Crippen molar-refractivity contribution in [3.05, 3.63) is 71.7 Å². The standard InChI is InChI=1S/C23H25FN4O/c1-16-4-3-5-17(12-16)21-20(22(29)27-11-10-23(2,14-25)15-27)13-28(26-21)19-8-6-18(24)7-9-19/h3-9,12-13H,10-11,14-15,25H2,1-2H3. The molecule has 1 atom stereocenters.